The van der Waals surface area contributed by atoms with Crippen molar-refractivity contribution in [3.63, 3.8) is 0 Å². The topological polar surface area (TPSA) is 49.3 Å². The SMILES string of the molecule is Cl.O=C(O)[C@@H]1C[C@H]2CC[C@@H]1N2. The van der Waals surface area contributed by atoms with Gasteiger partial charge in [0.1, 0.15) is 0 Å². The maximum Gasteiger partial charge on any atom is 0.308 e. The summed E-state index contributed by atoms with van der Waals surface area (Å²) >= 11 is 0. The highest BCUT2D eigenvalue weighted by Gasteiger charge is 2.42. The van der Waals surface area contributed by atoms with E-state index >= 15 is 0 Å². The molecule has 2 aliphatic heterocycles. The van der Waals surface area contributed by atoms with Crippen molar-refractivity contribution in [1.82, 2.24) is 5.32 Å². The van der Waals surface area contributed by atoms with Crippen LogP contribution in [0, 0.1) is 5.92 Å². The van der Waals surface area contributed by atoms with Gasteiger partial charge in [-0.3, -0.25) is 4.79 Å². The van der Waals surface area contributed by atoms with Crippen LogP contribution in [-0.2, 0) is 4.79 Å². The molecule has 2 heterocycles. The van der Waals surface area contributed by atoms with E-state index in [4.69, 9.17) is 5.11 Å². The lowest BCUT2D eigenvalue weighted by molar-refractivity contribution is -0.142. The quantitative estimate of drug-likeness (QED) is 0.618. The van der Waals surface area contributed by atoms with Gasteiger partial charge in [-0.25, -0.2) is 0 Å². The number of rotatable bonds is 1. The van der Waals surface area contributed by atoms with E-state index in [1.54, 1.807) is 0 Å². The zero-order valence-electron chi connectivity index (χ0n) is 6.12. The molecule has 2 N–H and O–H groups in total. The molecule has 4 heteroatoms. The van der Waals surface area contributed by atoms with E-state index in [0.29, 0.717) is 6.04 Å². The number of aliphatic carboxylic acids is 1. The Kier molecular flexibility index (Phi) is 2.40. The summed E-state index contributed by atoms with van der Waals surface area (Å²) < 4.78 is 0. The Morgan fingerprint density at radius 2 is 2.18 bits per heavy atom. The minimum absolute atomic E-state index is 0. The Labute approximate surface area is 71.6 Å². The summed E-state index contributed by atoms with van der Waals surface area (Å²) in [6, 6.07) is 0.786. The van der Waals surface area contributed by atoms with Gasteiger partial charge in [-0.1, -0.05) is 0 Å². The molecular weight excluding hydrogens is 166 g/mol. The van der Waals surface area contributed by atoms with Gasteiger partial charge >= 0.3 is 5.97 Å². The molecule has 3 nitrogen and oxygen atoms in total. The molecule has 2 rings (SSSR count). The van der Waals surface area contributed by atoms with Crippen LogP contribution in [0.1, 0.15) is 19.3 Å². The van der Waals surface area contributed by atoms with Crippen LogP contribution in [-0.4, -0.2) is 23.2 Å². The highest BCUT2D eigenvalue weighted by molar-refractivity contribution is 5.85. The molecule has 0 aromatic rings. The first kappa shape index (κ1) is 8.81. The second-order valence-corrected chi connectivity index (χ2v) is 3.23. The molecule has 64 valence electrons. The molecule has 11 heavy (non-hydrogen) atoms. The van der Waals surface area contributed by atoms with Gasteiger partial charge in [0, 0.05) is 12.1 Å². The predicted molar refractivity (Wildman–Crippen MR) is 42.9 cm³/mol. The number of carboxylic acids is 1. The second-order valence-electron chi connectivity index (χ2n) is 3.23. The van der Waals surface area contributed by atoms with Crippen molar-refractivity contribution >= 4 is 18.4 Å². The molecule has 0 unspecified atom stereocenters. The first-order valence-corrected chi connectivity index (χ1v) is 3.76. The fourth-order valence-electron chi connectivity index (χ4n) is 2.10. The van der Waals surface area contributed by atoms with Gasteiger partial charge < -0.3 is 10.4 Å². The molecule has 2 saturated heterocycles. The minimum Gasteiger partial charge on any atom is -0.481 e. The van der Waals surface area contributed by atoms with E-state index in [2.05, 4.69) is 5.32 Å². The summed E-state index contributed by atoms with van der Waals surface area (Å²) in [5, 5.41) is 12.0. The number of hydrogen-bond acceptors (Lipinski definition) is 2. The summed E-state index contributed by atoms with van der Waals surface area (Å²) in [6.45, 7) is 0. The molecule has 0 radical (unpaired) electrons. The number of hydrogen-bond donors (Lipinski definition) is 2. The molecule has 0 amide bonds. The lowest BCUT2D eigenvalue weighted by Crippen LogP contribution is -2.28. The van der Waals surface area contributed by atoms with E-state index in [9.17, 15) is 4.79 Å². The van der Waals surface area contributed by atoms with Crippen molar-refractivity contribution in [1.29, 1.82) is 0 Å². The molecule has 2 bridgehead atoms. The molecule has 0 aromatic carbocycles. The Morgan fingerprint density at radius 1 is 1.45 bits per heavy atom. The summed E-state index contributed by atoms with van der Waals surface area (Å²) in [5.74, 6) is -0.724. The van der Waals surface area contributed by atoms with Crippen LogP contribution in [0.15, 0.2) is 0 Å². The normalized spacial score (nSPS) is 40.2. The molecule has 2 aliphatic rings. The van der Waals surface area contributed by atoms with Crippen molar-refractivity contribution in [2.45, 2.75) is 31.3 Å². The largest absolute Gasteiger partial charge is 0.481 e. The van der Waals surface area contributed by atoms with Crippen LogP contribution >= 0.6 is 12.4 Å². The molecule has 2 fully saturated rings. The van der Waals surface area contributed by atoms with Crippen LogP contribution < -0.4 is 5.32 Å². The monoisotopic (exact) mass is 177 g/mol. The van der Waals surface area contributed by atoms with Crippen LogP contribution in [0.25, 0.3) is 0 Å². The zero-order valence-corrected chi connectivity index (χ0v) is 6.93. The van der Waals surface area contributed by atoms with E-state index in [1.807, 2.05) is 0 Å². The van der Waals surface area contributed by atoms with Crippen LogP contribution in [0.3, 0.4) is 0 Å². The Bertz CT molecular complexity index is 174. The molecule has 3 atom stereocenters. The third kappa shape index (κ3) is 1.35. The Morgan fingerprint density at radius 3 is 2.45 bits per heavy atom. The number of carbonyl (C=O) groups is 1. The van der Waals surface area contributed by atoms with Crippen LogP contribution in [0.4, 0.5) is 0 Å². The summed E-state index contributed by atoms with van der Waals surface area (Å²) in [6.07, 6.45) is 3.08. The molecule has 0 saturated carbocycles. The second kappa shape index (κ2) is 2.99. The average molecular weight is 178 g/mol. The van der Waals surface area contributed by atoms with E-state index in [1.165, 1.54) is 6.42 Å². The Hall–Kier alpha value is -0.280. The molecule has 0 spiro atoms. The van der Waals surface area contributed by atoms with Gasteiger partial charge in [0.2, 0.25) is 0 Å². The predicted octanol–water partition coefficient (Wildman–Crippen LogP) is 0.633. The van der Waals surface area contributed by atoms with Crippen molar-refractivity contribution in [3.8, 4) is 0 Å². The van der Waals surface area contributed by atoms with Crippen molar-refractivity contribution < 1.29 is 9.90 Å². The molecule has 0 aliphatic carbocycles. The molecular formula is C7H12ClNO2. The minimum atomic E-state index is -0.625. The van der Waals surface area contributed by atoms with Crippen molar-refractivity contribution in [2.75, 3.05) is 0 Å². The van der Waals surface area contributed by atoms with Gasteiger partial charge in [0.25, 0.3) is 0 Å². The highest BCUT2D eigenvalue weighted by atomic mass is 35.5. The lowest BCUT2D eigenvalue weighted by Gasteiger charge is -2.14. The number of carboxylic acid groups (broad SMARTS) is 1. The average Bonchev–Trinajstić information content (AvgIpc) is 2.44. The van der Waals surface area contributed by atoms with E-state index in [0.717, 1.165) is 12.8 Å². The van der Waals surface area contributed by atoms with Gasteiger partial charge in [-0.05, 0) is 19.3 Å². The fraction of sp³-hybridized carbons (Fsp3) is 0.857. The zero-order chi connectivity index (χ0) is 7.14. The lowest BCUT2D eigenvalue weighted by atomic mass is 9.89. The van der Waals surface area contributed by atoms with Gasteiger partial charge in [0.15, 0.2) is 0 Å². The third-order valence-electron chi connectivity index (χ3n) is 2.62. The third-order valence-corrected chi connectivity index (χ3v) is 2.62. The van der Waals surface area contributed by atoms with Gasteiger partial charge in [-0.15, -0.1) is 12.4 Å². The van der Waals surface area contributed by atoms with Crippen molar-refractivity contribution in [3.05, 3.63) is 0 Å². The van der Waals surface area contributed by atoms with Crippen molar-refractivity contribution in [2.24, 2.45) is 5.92 Å². The van der Waals surface area contributed by atoms with E-state index < -0.39 is 5.97 Å². The number of fused-ring (bicyclic) bond motifs is 2. The standard InChI is InChI=1S/C7H11NO2.ClH/c9-7(10)5-3-4-1-2-6(5)8-4;/h4-6,8H,1-3H2,(H,9,10);1H/t4-,5-,6+;/m1./s1. The maximum absolute atomic E-state index is 10.6. The first-order chi connectivity index (χ1) is 4.77. The maximum atomic E-state index is 10.6. The smallest absolute Gasteiger partial charge is 0.308 e. The van der Waals surface area contributed by atoms with E-state index in [-0.39, 0.29) is 24.4 Å². The van der Waals surface area contributed by atoms with Gasteiger partial charge in [-0.2, -0.15) is 0 Å². The first-order valence-electron chi connectivity index (χ1n) is 3.76. The van der Waals surface area contributed by atoms with Crippen LogP contribution in [0.5, 0.6) is 0 Å². The van der Waals surface area contributed by atoms with Gasteiger partial charge in [0.05, 0.1) is 5.92 Å². The fourth-order valence-corrected chi connectivity index (χ4v) is 2.10. The summed E-state index contributed by atoms with van der Waals surface area (Å²) in [5.41, 5.74) is 0. The summed E-state index contributed by atoms with van der Waals surface area (Å²) in [7, 11) is 0. The molecule has 0 aromatic heterocycles. The number of nitrogens with one attached hydrogen (secondary N) is 1. The Balaban J connectivity index is 0.000000605. The van der Waals surface area contributed by atoms with Crippen LogP contribution in [0.2, 0.25) is 0 Å². The number of halogens is 1. The summed E-state index contributed by atoms with van der Waals surface area (Å²) in [4.78, 5) is 10.6. The highest BCUT2D eigenvalue weighted by Crippen LogP contribution is 2.32.